The van der Waals surface area contributed by atoms with Gasteiger partial charge in [-0.25, -0.2) is 0 Å². The number of aryl methyl sites for hydroxylation is 1. The van der Waals surface area contributed by atoms with Gasteiger partial charge < -0.3 is 9.88 Å². The Morgan fingerprint density at radius 2 is 1.76 bits per heavy atom. The summed E-state index contributed by atoms with van der Waals surface area (Å²) in [6.45, 7) is 2.52. The maximum Gasteiger partial charge on any atom is 0.269 e. The highest BCUT2D eigenvalue weighted by Gasteiger charge is 2.18. The number of nitriles is 1. The first-order valence-corrected chi connectivity index (χ1v) is 8.25. The minimum absolute atomic E-state index is 0.259. The predicted octanol–water partition coefficient (Wildman–Crippen LogP) is 3.84. The third-order valence-electron chi connectivity index (χ3n) is 4.14. The van der Waals surface area contributed by atoms with Crippen molar-refractivity contribution in [3.05, 3.63) is 89.2 Å². The molecule has 0 unspecified atom stereocenters. The molecule has 0 fully saturated rings. The zero-order chi connectivity index (χ0) is 17.6. The maximum atomic E-state index is 12.7. The summed E-state index contributed by atoms with van der Waals surface area (Å²) in [5, 5.41) is 12.2. The second kappa shape index (κ2) is 7.50. The van der Waals surface area contributed by atoms with Crippen LogP contribution in [0.1, 0.15) is 34.1 Å². The first-order chi connectivity index (χ1) is 12.2. The van der Waals surface area contributed by atoms with Crippen molar-refractivity contribution in [1.29, 1.82) is 5.26 Å². The van der Waals surface area contributed by atoms with E-state index in [1.807, 2.05) is 54.6 Å². The van der Waals surface area contributed by atoms with Crippen LogP contribution in [0.2, 0.25) is 0 Å². The van der Waals surface area contributed by atoms with Gasteiger partial charge >= 0.3 is 0 Å². The largest absolute Gasteiger partial charge is 0.347 e. The molecule has 3 aromatic rings. The van der Waals surface area contributed by atoms with Crippen LogP contribution in [0.25, 0.3) is 5.69 Å². The Bertz CT molecular complexity index is 903. The molecule has 0 atom stereocenters. The molecule has 4 heteroatoms. The minimum Gasteiger partial charge on any atom is -0.347 e. The van der Waals surface area contributed by atoms with Crippen LogP contribution in [0.15, 0.2) is 66.9 Å². The van der Waals surface area contributed by atoms with Crippen molar-refractivity contribution in [2.45, 2.75) is 19.9 Å². The number of aromatic nitrogens is 1. The zero-order valence-electron chi connectivity index (χ0n) is 14.1. The van der Waals surface area contributed by atoms with E-state index >= 15 is 0 Å². The van der Waals surface area contributed by atoms with Crippen LogP contribution in [-0.2, 0) is 13.0 Å². The molecule has 0 aliphatic rings. The van der Waals surface area contributed by atoms with Crippen molar-refractivity contribution in [1.82, 2.24) is 9.88 Å². The molecular formula is C21H19N3O. The number of amides is 1. The second-order valence-corrected chi connectivity index (χ2v) is 5.75. The molecule has 4 nitrogen and oxygen atoms in total. The molecule has 0 spiro atoms. The van der Waals surface area contributed by atoms with Gasteiger partial charge in [0.1, 0.15) is 11.8 Å². The van der Waals surface area contributed by atoms with Gasteiger partial charge in [0.25, 0.3) is 5.91 Å². The number of hydrogen-bond acceptors (Lipinski definition) is 2. The Balaban J connectivity index is 1.87. The van der Waals surface area contributed by atoms with E-state index in [9.17, 15) is 10.1 Å². The molecule has 1 aromatic heterocycles. The van der Waals surface area contributed by atoms with Crippen LogP contribution < -0.4 is 5.32 Å². The fraction of sp³-hybridized carbons (Fsp3) is 0.143. The highest BCUT2D eigenvalue weighted by atomic mass is 16.1. The van der Waals surface area contributed by atoms with Gasteiger partial charge in [-0.2, -0.15) is 5.26 Å². The smallest absolute Gasteiger partial charge is 0.269 e. The number of carbonyl (C=O) groups is 1. The molecule has 0 saturated carbocycles. The van der Waals surface area contributed by atoms with E-state index in [4.69, 9.17) is 0 Å². The van der Waals surface area contributed by atoms with Gasteiger partial charge in [0.05, 0.1) is 5.56 Å². The quantitative estimate of drug-likeness (QED) is 0.773. The average Bonchev–Trinajstić information content (AvgIpc) is 3.11. The molecule has 0 saturated heterocycles. The van der Waals surface area contributed by atoms with Crippen LogP contribution in [-0.4, -0.2) is 10.5 Å². The van der Waals surface area contributed by atoms with Crippen molar-refractivity contribution in [2.75, 3.05) is 0 Å². The number of rotatable bonds is 5. The van der Waals surface area contributed by atoms with Crippen LogP contribution >= 0.6 is 0 Å². The van der Waals surface area contributed by atoms with Crippen LogP contribution in [0.4, 0.5) is 0 Å². The summed E-state index contributed by atoms with van der Waals surface area (Å²) in [7, 11) is 0. The Kier molecular flexibility index (Phi) is 4.96. The summed E-state index contributed by atoms with van der Waals surface area (Å²) in [6.07, 6.45) is 2.72. The Hall–Kier alpha value is -3.32. The first-order valence-electron chi connectivity index (χ1n) is 8.25. The van der Waals surface area contributed by atoms with Crippen molar-refractivity contribution >= 4 is 5.91 Å². The normalized spacial score (nSPS) is 10.2. The van der Waals surface area contributed by atoms with Gasteiger partial charge in [0.2, 0.25) is 0 Å². The second-order valence-electron chi connectivity index (χ2n) is 5.75. The molecule has 0 radical (unpaired) electrons. The number of hydrogen-bond donors (Lipinski definition) is 1. The fourth-order valence-corrected chi connectivity index (χ4v) is 2.72. The third-order valence-corrected chi connectivity index (χ3v) is 4.14. The highest BCUT2D eigenvalue weighted by Crippen LogP contribution is 2.18. The Morgan fingerprint density at radius 1 is 1.04 bits per heavy atom. The summed E-state index contributed by atoms with van der Waals surface area (Å²) in [4.78, 5) is 12.7. The van der Waals surface area contributed by atoms with Crippen molar-refractivity contribution < 1.29 is 4.79 Å². The molecule has 0 aliphatic carbocycles. The average molecular weight is 329 g/mol. The SMILES string of the molecule is CCc1ccc(-n2ccc(C#N)c2C(=O)NCc2ccccc2)cc1. The van der Waals surface area contributed by atoms with E-state index in [0.717, 1.165) is 17.7 Å². The molecule has 0 bridgehead atoms. The number of benzene rings is 2. The topological polar surface area (TPSA) is 57.8 Å². The number of carbonyl (C=O) groups excluding carboxylic acids is 1. The summed E-state index contributed by atoms with van der Waals surface area (Å²) >= 11 is 0. The summed E-state index contributed by atoms with van der Waals surface area (Å²) in [5.74, 6) is -0.259. The van der Waals surface area contributed by atoms with E-state index in [0.29, 0.717) is 17.8 Å². The zero-order valence-corrected chi connectivity index (χ0v) is 14.1. The van der Waals surface area contributed by atoms with E-state index in [1.54, 1.807) is 16.8 Å². The molecule has 1 heterocycles. The molecule has 1 N–H and O–H groups in total. The summed E-state index contributed by atoms with van der Waals surface area (Å²) < 4.78 is 1.76. The Morgan fingerprint density at radius 3 is 2.40 bits per heavy atom. The fourth-order valence-electron chi connectivity index (χ4n) is 2.72. The van der Waals surface area contributed by atoms with E-state index in [-0.39, 0.29) is 5.91 Å². The molecule has 0 aliphatic heterocycles. The number of nitrogens with one attached hydrogen (secondary N) is 1. The Labute approximate surface area is 147 Å². The first kappa shape index (κ1) is 16.5. The molecule has 3 rings (SSSR count). The van der Waals surface area contributed by atoms with Crippen molar-refractivity contribution in [3.63, 3.8) is 0 Å². The molecule has 2 aromatic carbocycles. The molecule has 25 heavy (non-hydrogen) atoms. The van der Waals surface area contributed by atoms with Crippen molar-refractivity contribution in [3.8, 4) is 11.8 Å². The molecule has 1 amide bonds. The van der Waals surface area contributed by atoms with E-state index in [2.05, 4.69) is 18.3 Å². The predicted molar refractivity (Wildman–Crippen MR) is 97.5 cm³/mol. The van der Waals surface area contributed by atoms with Gasteiger partial charge in [0.15, 0.2) is 0 Å². The maximum absolute atomic E-state index is 12.7. The highest BCUT2D eigenvalue weighted by molar-refractivity contribution is 5.95. The van der Waals surface area contributed by atoms with Gasteiger partial charge in [-0.15, -0.1) is 0 Å². The monoisotopic (exact) mass is 329 g/mol. The van der Waals surface area contributed by atoms with Crippen LogP contribution in [0.3, 0.4) is 0 Å². The van der Waals surface area contributed by atoms with Gasteiger partial charge in [0, 0.05) is 18.4 Å². The van der Waals surface area contributed by atoms with E-state index < -0.39 is 0 Å². The molecular weight excluding hydrogens is 310 g/mol. The number of nitrogens with zero attached hydrogens (tertiary/aromatic N) is 2. The van der Waals surface area contributed by atoms with Gasteiger partial charge in [-0.05, 0) is 35.7 Å². The summed E-state index contributed by atoms with van der Waals surface area (Å²) in [5.41, 5.74) is 3.84. The minimum atomic E-state index is -0.259. The lowest BCUT2D eigenvalue weighted by Crippen LogP contribution is -2.26. The standard InChI is InChI=1S/C21H19N3O/c1-2-16-8-10-19(11-9-16)24-13-12-18(14-22)20(24)21(25)23-15-17-6-4-3-5-7-17/h3-13H,2,15H2,1H3,(H,23,25). The van der Waals surface area contributed by atoms with E-state index in [1.165, 1.54) is 5.56 Å². The van der Waals surface area contributed by atoms with Gasteiger partial charge in [-0.3, -0.25) is 4.79 Å². The lowest BCUT2D eigenvalue weighted by Gasteiger charge is -2.11. The lowest BCUT2D eigenvalue weighted by molar-refractivity contribution is 0.0944. The molecule has 124 valence electrons. The summed E-state index contributed by atoms with van der Waals surface area (Å²) in [6, 6.07) is 21.5. The van der Waals surface area contributed by atoms with Gasteiger partial charge in [-0.1, -0.05) is 49.4 Å². The third kappa shape index (κ3) is 3.61. The van der Waals surface area contributed by atoms with Crippen molar-refractivity contribution in [2.24, 2.45) is 0 Å². The lowest BCUT2D eigenvalue weighted by atomic mass is 10.1. The van der Waals surface area contributed by atoms with Crippen LogP contribution in [0, 0.1) is 11.3 Å². The van der Waals surface area contributed by atoms with Crippen LogP contribution in [0.5, 0.6) is 0 Å².